The molecular formula is C8H6O4. The molecule has 0 aromatic carbocycles. The highest BCUT2D eigenvalue weighted by molar-refractivity contribution is 6.22. The lowest BCUT2D eigenvalue weighted by molar-refractivity contribution is -0.152. The average Bonchev–Trinajstić information content (AvgIpc) is 2.35. The van der Waals surface area contributed by atoms with Crippen LogP contribution in [0.2, 0.25) is 0 Å². The zero-order valence-corrected chi connectivity index (χ0v) is 6.15. The molecule has 0 aliphatic heterocycles. The second-order valence-corrected chi connectivity index (χ2v) is 2.16. The summed E-state index contributed by atoms with van der Waals surface area (Å²) in [5.74, 6) is -1.78. The van der Waals surface area contributed by atoms with Crippen molar-refractivity contribution in [1.29, 1.82) is 0 Å². The van der Waals surface area contributed by atoms with Gasteiger partial charge in [0.1, 0.15) is 0 Å². The van der Waals surface area contributed by atoms with Crippen LogP contribution in [-0.4, -0.2) is 23.6 Å². The summed E-state index contributed by atoms with van der Waals surface area (Å²) in [5, 5.41) is 0. The van der Waals surface area contributed by atoms with Crippen molar-refractivity contribution in [2.75, 3.05) is 0 Å². The maximum atomic E-state index is 10.8. The van der Waals surface area contributed by atoms with Gasteiger partial charge in [0.2, 0.25) is 17.7 Å². The zero-order chi connectivity index (χ0) is 9.14. The molecule has 4 nitrogen and oxygen atoms in total. The first kappa shape index (κ1) is 8.39. The van der Waals surface area contributed by atoms with Crippen LogP contribution in [0.5, 0.6) is 0 Å². The topological polar surface area (TPSA) is 60.4 Å². The number of carbonyl (C=O) groups is 3. The van der Waals surface area contributed by atoms with Gasteiger partial charge in [0, 0.05) is 6.08 Å². The standard InChI is InChI=1S/C8H6O4/c1-2-7(11)12-8-5(9)3-4-6(8)10/h2-4,8H,1H2. The maximum absolute atomic E-state index is 10.8. The average molecular weight is 166 g/mol. The summed E-state index contributed by atoms with van der Waals surface area (Å²) in [6.07, 6.45) is 1.79. The molecule has 0 aromatic heterocycles. The molecule has 0 bridgehead atoms. The summed E-state index contributed by atoms with van der Waals surface area (Å²) in [6.45, 7) is 3.14. The van der Waals surface area contributed by atoms with Crippen molar-refractivity contribution in [1.82, 2.24) is 0 Å². The lowest BCUT2D eigenvalue weighted by Crippen LogP contribution is -2.28. The number of ether oxygens (including phenoxy) is 1. The van der Waals surface area contributed by atoms with Crippen LogP contribution in [0.4, 0.5) is 0 Å². The molecule has 0 saturated carbocycles. The van der Waals surface area contributed by atoms with Crippen molar-refractivity contribution in [3.05, 3.63) is 24.8 Å². The van der Waals surface area contributed by atoms with Crippen molar-refractivity contribution in [3.63, 3.8) is 0 Å². The first-order chi connectivity index (χ1) is 5.65. The Balaban J connectivity index is 2.65. The summed E-state index contributed by atoms with van der Waals surface area (Å²) in [7, 11) is 0. The fraction of sp³-hybridized carbons (Fsp3) is 0.125. The molecule has 0 radical (unpaired) electrons. The second kappa shape index (κ2) is 3.13. The van der Waals surface area contributed by atoms with E-state index >= 15 is 0 Å². The summed E-state index contributed by atoms with van der Waals surface area (Å²) in [5.41, 5.74) is 0. The van der Waals surface area contributed by atoms with E-state index in [0.29, 0.717) is 0 Å². The molecule has 1 aliphatic carbocycles. The molecule has 0 spiro atoms. The molecule has 0 aromatic rings. The van der Waals surface area contributed by atoms with Crippen molar-refractivity contribution in [2.45, 2.75) is 6.10 Å². The molecular weight excluding hydrogens is 160 g/mol. The van der Waals surface area contributed by atoms with Crippen LogP contribution < -0.4 is 0 Å². The van der Waals surface area contributed by atoms with Gasteiger partial charge in [-0.2, -0.15) is 0 Å². The van der Waals surface area contributed by atoms with E-state index in [-0.39, 0.29) is 0 Å². The van der Waals surface area contributed by atoms with Gasteiger partial charge in [0.15, 0.2) is 0 Å². The van der Waals surface area contributed by atoms with Crippen molar-refractivity contribution < 1.29 is 19.1 Å². The Morgan fingerprint density at radius 3 is 2.33 bits per heavy atom. The Kier molecular flexibility index (Phi) is 2.19. The predicted molar refractivity (Wildman–Crippen MR) is 39.2 cm³/mol. The summed E-state index contributed by atoms with van der Waals surface area (Å²) < 4.78 is 4.47. The molecule has 1 rings (SSSR count). The Morgan fingerprint density at radius 2 is 1.92 bits per heavy atom. The largest absolute Gasteiger partial charge is 0.442 e. The first-order valence-electron chi connectivity index (χ1n) is 3.24. The van der Waals surface area contributed by atoms with Crippen LogP contribution in [0.1, 0.15) is 0 Å². The minimum atomic E-state index is -1.28. The van der Waals surface area contributed by atoms with Gasteiger partial charge in [-0.15, -0.1) is 0 Å². The molecule has 1 aliphatic rings. The normalized spacial score (nSPS) is 16.7. The number of hydrogen-bond donors (Lipinski definition) is 0. The molecule has 0 saturated heterocycles. The molecule has 0 amide bonds. The molecule has 0 heterocycles. The van der Waals surface area contributed by atoms with Crippen LogP contribution in [0.3, 0.4) is 0 Å². The van der Waals surface area contributed by atoms with Gasteiger partial charge in [-0.05, 0) is 12.2 Å². The van der Waals surface area contributed by atoms with Gasteiger partial charge in [-0.25, -0.2) is 4.79 Å². The van der Waals surface area contributed by atoms with Crippen LogP contribution in [0, 0.1) is 0 Å². The van der Waals surface area contributed by atoms with E-state index < -0.39 is 23.6 Å². The number of hydrogen-bond acceptors (Lipinski definition) is 4. The van der Waals surface area contributed by atoms with E-state index in [1.54, 1.807) is 0 Å². The highest BCUT2D eigenvalue weighted by Crippen LogP contribution is 2.06. The first-order valence-corrected chi connectivity index (χ1v) is 3.24. The van der Waals surface area contributed by atoms with Crippen molar-refractivity contribution >= 4 is 17.5 Å². The number of esters is 1. The zero-order valence-electron chi connectivity index (χ0n) is 6.15. The molecule has 0 atom stereocenters. The number of carbonyl (C=O) groups excluding carboxylic acids is 3. The van der Waals surface area contributed by atoms with E-state index in [0.717, 1.165) is 18.2 Å². The number of ketones is 2. The molecule has 0 unspecified atom stereocenters. The van der Waals surface area contributed by atoms with Gasteiger partial charge in [0.25, 0.3) is 0 Å². The third-order valence-corrected chi connectivity index (χ3v) is 1.33. The van der Waals surface area contributed by atoms with Crippen molar-refractivity contribution in [3.8, 4) is 0 Å². The Hall–Kier alpha value is -1.71. The van der Waals surface area contributed by atoms with Gasteiger partial charge in [-0.3, -0.25) is 9.59 Å². The van der Waals surface area contributed by atoms with Crippen LogP contribution in [0.15, 0.2) is 24.8 Å². The highest BCUT2D eigenvalue weighted by atomic mass is 16.5. The fourth-order valence-electron chi connectivity index (χ4n) is 0.760. The summed E-state index contributed by atoms with van der Waals surface area (Å²) >= 11 is 0. The van der Waals surface area contributed by atoms with E-state index in [1.165, 1.54) is 0 Å². The third kappa shape index (κ3) is 1.47. The Labute approximate surface area is 68.5 Å². The Bertz CT molecular complexity index is 269. The lowest BCUT2D eigenvalue weighted by Gasteiger charge is -2.05. The van der Waals surface area contributed by atoms with Crippen molar-refractivity contribution in [2.24, 2.45) is 0 Å². The van der Waals surface area contributed by atoms with Gasteiger partial charge < -0.3 is 4.74 Å². The quantitative estimate of drug-likeness (QED) is 0.323. The summed E-state index contributed by atoms with van der Waals surface area (Å²) in [6, 6.07) is 0. The molecule has 0 fully saturated rings. The van der Waals surface area contributed by atoms with Gasteiger partial charge in [-0.1, -0.05) is 6.58 Å². The monoisotopic (exact) mass is 166 g/mol. The SMILES string of the molecule is C=CC(=O)OC1C(=O)C=CC1=O. The van der Waals surface area contributed by atoms with Gasteiger partial charge >= 0.3 is 5.97 Å². The van der Waals surface area contributed by atoms with Crippen LogP contribution in [-0.2, 0) is 19.1 Å². The van der Waals surface area contributed by atoms with E-state index in [9.17, 15) is 14.4 Å². The maximum Gasteiger partial charge on any atom is 0.331 e. The Morgan fingerprint density at radius 1 is 1.42 bits per heavy atom. The smallest absolute Gasteiger partial charge is 0.331 e. The van der Waals surface area contributed by atoms with Crippen LogP contribution >= 0.6 is 0 Å². The van der Waals surface area contributed by atoms with E-state index in [2.05, 4.69) is 11.3 Å². The lowest BCUT2D eigenvalue weighted by atomic mass is 10.2. The highest BCUT2D eigenvalue weighted by Gasteiger charge is 2.30. The minimum Gasteiger partial charge on any atom is -0.442 e. The van der Waals surface area contributed by atoms with E-state index in [4.69, 9.17) is 0 Å². The summed E-state index contributed by atoms with van der Waals surface area (Å²) in [4.78, 5) is 32.2. The molecule has 0 N–H and O–H groups in total. The fourth-order valence-corrected chi connectivity index (χ4v) is 0.760. The van der Waals surface area contributed by atoms with Crippen LogP contribution in [0.25, 0.3) is 0 Å². The molecule has 12 heavy (non-hydrogen) atoms. The van der Waals surface area contributed by atoms with E-state index in [1.807, 2.05) is 0 Å². The minimum absolute atomic E-state index is 0.504. The molecule has 4 heteroatoms. The third-order valence-electron chi connectivity index (χ3n) is 1.33. The second-order valence-electron chi connectivity index (χ2n) is 2.16. The van der Waals surface area contributed by atoms with Gasteiger partial charge in [0.05, 0.1) is 0 Å². The predicted octanol–water partition coefficient (Wildman–Crippen LogP) is -0.208. The molecule has 62 valence electrons. The number of rotatable bonds is 2.